The Bertz CT molecular complexity index is 2520. The van der Waals surface area contributed by atoms with E-state index in [2.05, 4.69) is 0 Å². The zero-order chi connectivity index (χ0) is 69.6. The third kappa shape index (κ3) is 18.0. The van der Waals surface area contributed by atoms with E-state index in [9.17, 15) is 40.6 Å². The molecule has 0 bridgehead atoms. The molecule has 6 N–H and O–H groups in total. The van der Waals surface area contributed by atoms with Gasteiger partial charge in [0.1, 0.15) is 24.4 Å². The van der Waals surface area contributed by atoms with Gasteiger partial charge in [0, 0.05) is 95.7 Å². The van der Waals surface area contributed by atoms with Gasteiger partial charge in [0.2, 0.25) is 0 Å². The van der Waals surface area contributed by atoms with Crippen LogP contribution in [-0.2, 0) is 67.0 Å². The zero-order valence-electron chi connectivity index (χ0n) is 60.0. The molecule has 526 valence electrons. The first kappa shape index (κ1) is 78.4. The Hall–Kier alpha value is -4.28. The lowest BCUT2D eigenvalue weighted by atomic mass is 9.75. The highest BCUT2D eigenvalue weighted by Gasteiger charge is 2.57. The Kier molecular flexibility index (Phi) is 25.6. The molecule has 4 fully saturated rings. The van der Waals surface area contributed by atoms with Crippen LogP contribution in [0.5, 0.6) is 0 Å². The first-order valence-corrected chi connectivity index (χ1v) is 34.7. The van der Waals surface area contributed by atoms with E-state index in [-0.39, 0.29) is 44.9 Å². The van der Waals surface area contributed by atoms with Crippen LogP contribution >= 0.6 is 0 Å². The molecule has 1 aromatic rings. The van der Waals surface area contributed by atoms with Crippen molar-refractivity contribution in [2.75, 3.05) is 0 Å². The predicted molar refractivity (Wildman–Crippen MR) is 350 cm³/mol. The van der Waals surface area contributed by atoms with Crippen LogP contribution in [0.2, 0.25) is 0 Å². The van der Waals surface area contributed by atoms with Crippen LogP contribution in [0.4, 0.5) is 0 Å². The van der Waals surface area contributed by atoms with Gasteiger partial charge >= 0.3 is 35.8 Å². The average Bonchev–Trinajstić information content (AvgIpc) is 0.772. The summed E-state index contributed by atoms with van der Waals surface area (Å²) in [4.78, 5) is 87.0. The normalized spacial score (nSPS) is 22.3. The highest BCUT2D eigenvalue weighted by Crippen LogP contribution is 2.47. The van der Waals surface area contributed by atoms with Gasteiger partial charge in [0.05, 0.1) is 0 Å². The third-order valence-electron chi connectivity index (χ3n) is 21.2. The Balaban J connectivity index is 1.56. The highest BCUT2D eigenvalue weighted by atomic mass is 16.6. The summed E-state index contributed by atoms with van der Waals surface area (Å²) in [6.45, 7) is 36.0. The van der Waals surface area contributed by atoms with Crippen LogP contribution in [0.25, 0.3) is 0 Å². The topological polar surface area (TPSA) is 274 Å². The van der Waals surface area contributed by atoms with Gasteiger partial charge in [-0.1, -0.05) is 77.5 Å². The van der Waals surface area contributed by atoms with Crippen molar-refractivity contribution in [3.63, 3.8) is 0 Å². The average molecular weight is 1300 g/mol. The van der Waals surface area contributed by atoms with Crippen LogP contribution in [0.1, 0.15) is 296 Å². The molecule has 5 rings (SSSR count). The van der Waals surface area contributed by atoms with E-state index in [0.29, 0.717) is 122 Å². The van der Waals surface area contributed by atoms with E-state index >= 15 is 19.2 Å². The number of ether oxygens (including phenoxy) is 4. The van der Waals surface area contributed by atoms with Crippen molar-refractivity contribution >= 4 is 35.8 Å². The van der Waals surface area contributed by atoms with Gasteiger partial charge in [-0.2, -0.15) is 20.3 Å². The molecule has 20 heteroatoms. The molecular weight excluding hydrogens is 1180 g/mol. The van der Waals surface area contributed by atoms with Gasteiger partial charge in [0.15, 0.2) is 16.2 Å². The lowest BCUT2D eigenvalue weighted by molar-refractivity contribution is -0.263. The monoisotopic (exact) mass is 1300 g/mol. The van der Waals surface area contributed by atoms with Crippen molar-refractivity contribution in [1.82, 2.24) is 20.3 Å². The van der Waals surface area contributed by atoms with Gasteiger partial charge in [-0.15, -0.1) is 0 Å². The molecule has 4 heterocycles. The van der Waals surface area contributed by atoms with Crippen LogP contribution in [0.15, 0.2) is 18.2 Å². The molecule has 0 saturated carbocycles. The second-order valence-corrected chi connectivity index (χ2v) is 33.3. The number of aryl methyl sites for hydroxylation is 3. The van der Waals surface area contributed by atoms with Crippen LogP contribution in [-0.4, -0.2) is 156 Å². The number of piperidine rings is 4. The second kappa shape index (κ2) is 30.0. The lowest BCUT2D eigenvalue weighted by Crippen LogP contribution is -2.61. The number of hydrogen-bond acceptors (Lipinski definition) is 18. The van der Waals surface area contributed by atoms with E-state index in [1.54, 1.807) is 0 Å². The Morgan fingerprint density at radius 1 is 0.370 bits per heavy atom. The molecule has 4 saturated heterocycles. The maximum atomic E-state index is 15.3. The summed E-state index contributed by atoms with van der Waals surface area (Å²) in [5.41, 5.74) is -9.01. The largest absolute Gasteiger partial charge is 0.480 e. The van der Waals surface area contributed by atoms with Crippen LogP contribution in [0.3, 0.4) is 0 Å². The summed E-state index contributed by atoms with van der Waals surface area (Å²) < 4.78 is 26.0. The SMILES string of the molecule is CCCCC(CCCc1cc(CCCC(CCCC)(C(=O)OC2CC(C)(C)N(O)C(C)(C)C2)C(=O)OC2CC(C)(C)N(O)C(C)(C)C2)ccc1CCCC(CCCC)(C(=O)OC1CC(C)(C)N(O)C(C)(C)C1)C(=O)OC1CC(C)(C)N(O)C(C)(C)C1)(C(=O)O)C(=O)O. The highest BCUT2D eigenvalue weighted by molar-refractivity contribution is 6.01. The summed E-state index contributed by atoms with van der Waals surface area (Å²) in [6.07, 6.45) is 5.54. The molecule has 4 aliphatic rings. The Morgan fingerprint density at radius 2 is 0.598 bits per heavy atom. The number of rotatable bonds is 31. The molecule has 0 unspecified atom stereocenters. The molecule has 1 aromatic carbocycles. The fraction of sp³-hybridized carbons (Fsp3) is 0.833. The fourth-order valence-electron chi connectivity index (χ4n) is 16.5. The molecule has 0 amide bonds. The van der Waals surface area contributed by atoms with Gasteiger partial charge in [-0.25, -0.2) is 0 Å². The molecule has 0 radical (unpaired) electrons. The van der Waals surface area contributed by atoms with E-state index in [4.69, 9.17) is 18.9 Å². The minimum Gasteiger partial charge on any atom is -0.480 e. The predicted octanol–water partition coefficient (Wildman–Crippen LogP) is 14.2. The number of aliphatic carboxylic acids is 2. The van der Waals surface area contributed by atoms with Crippen molar-refractivity contribution in [2.24, 2.45) is 16.2 Å². The maximum Gasteiger partial charge on any atom is 0.323 e. The smallest absolute Gasteiger partial charge is 0.323 e. The molecule has 4 aliphatic heterocycles. The molecular formula is C72H122N4O16. The van der Waals surface area contributed by atoms with Crippen molar-refractivity contribution in [1.29, 1.82) is 0 Å². The molecule has 92 heavy (non-hydrogen) atoms. The number of esters is 4. The standard InChI is InChI=1S/C72H122N4O16/c1-20-23-34-70(56(77)78,57(79)80)37-28-31-51-40-49(29-26-38-71(35-24-21-2,58(81)89-52-41-62(4,5)73(85)63(6,7)42-52)59(82)90-53-43-64(8,9)74(86)65(10,11)44-53)32-33-50(51)30-27-39-72(36-25-22-3,60(83)91-54-45-66(12,13)75(87)67(14,15)46-54)61(84)92-55-47-68(16,17)76(88)69(18,19)48-55/h32-33,40,52-55,85-88H,20-31,34-39,41-48H2,1-19H3,(H,77,78)(H,79,80). The number of benzene rings is 1. The summed E-state index contributed by atoms with van der Waals surface area (Å²) in [5.74, 6) is -5.51. The van der Waals surface area contributed by atoms with Crippen LogP contribution < -0.4 is 0 Å². The summed E-state index contributed by atoms with van der Waals surface area (Å²) >= 11 is 0. The molecule has 0 atom stereocenters. The first-order chi connectivity index (χ1) is 42.3. The molecule has 0 aliphatic carbocycles. The van der Waals surface area contributed by atoms with Crippen molar-refractivity contribution < 1.29 is 78.8 Å². The van der Waals surface area contributed by atoms with E-state index in [0.717, 1.165) is 16.7 Å². The number of carboxylic acids is 2. The number of nitrogens with zero attached hydrogens (tertiary/aromatic N) is 4. The number of hydrogen-bond donors (Lipinski definition) is 6. The summed E-state index contributed by atoms with van der Waals surface area (Å²) in [6, 6.07) is 5.98. The van der Waals surface area contributed by atoms with Gasteiger partial charge < -0.3 is 50.0 Å². The van der Waals surface area contributed by atoms with Gasteiger partial charge in [-0.05, 0) is 205 Å². The van der Waals surface area contributed by atoms with E-state index < -0.39 is 121 Å². The minimum absolute atomic E-state index is 0.0355. The number of unbranched alkanes of at least 4 members (excludes halogenated alkanes) is 3. The van der Waals surface area contributed by atoms with Crippen molar-refractivity contribution in [2.45, 2.75) is 367 Å². The third-order valence-corrected chi connectivity index (χ3v) is 21.2. The maximum absolute atomic E-state index is 15.3. The number of carboxylic acid groups (broad SMARTS) is 2. The Labute approximate surface area is 551 Å². The number of carbonyl (C=O) groups is 6. The van der Waals surface area contributed by atoms with E-state index in [1.807, 2.05) is 150 Å². The lowest BCUT2D eigenvalue weighted by Gasteiger charge is -2.51. The fourth-order valence-corrected chi connectivity index (χ4v) is 16.5. The molecule has 0 spiro atoms. The first-order valence-electron chi connectivity index (χ1n) is 34.7. The second-order valence-electron chi connectivity index (χ2n) is 33.3. The molecule has 20 nitrogen and oxygen atoms in total. The van der Waals surface area contributed by atoms with Crippen LogP contribution in [0, 0.1) is 16.2 Å². The summed E-state index contributed by atoms with van der Waals surface area (Å²) in [5, 5.41) is 71.1. The van der Waals surface area contributed by atoms with Gasteiger partial charge in [-0.3, -0.25) is 28.8 Å². The minimum atomic E-state index is -2.00. The Morgan fingerprint density at radius 3 is 0.859 bits per heavy atom. The van der Waals surface area contributed by atoms with Gasteiger partial charge in [0.25, 0.3) is 0 Å². The number of carbonyl (C=O) groups excluding carboxylic acids is 4. The van der Waals surface area contributed by atoms with E-state index in [1.165, 1.54) is 20.3 Å². The zero-order valence-corrected chi connectivity index (χ0v) is 60.0. The van der Waals surface area contributed by atoms with Crippen molar-refractivity contribution in [3.05, 3.63) is 34.9 Å². The van der Waals surface area contributed by atoms with Crippen molar-refractivity contribution in [3.8, 4) is 0 Å². The number of hydroxylamine groups is 8. The summed E-state index contributed by atoms with van der Waals surface area (Å²) in [7, 11) is 0. The quantitative estimate of drug-likeness (QED) is 0.0229. The molecule has 0 aromatic heterocycles.